The molecular formula is C6H16N2Na3O4P. The number of unbranched alkanes of at least 4 members (excludes halogenated alkanes) is 2. The first-order valence-corrected chi connectivity index (χ1v) is 5.47. The largest absolute Gasteiger partial charge is 1.00 e. The van der Waals surface area contributed by atoms with Crippen molar-refractivity contribution in [1.82, 2.24) is 0 Å². The molecule has 0 spiro atoms. The number of hydrogen-bond donors (Lipinski definition) is 2. The normalized spacial score (nSPS) is 8.94. The van der Waals surface area contributed by atoms with Crippen molar-refractivity contribution in [2.45, 2.75) is 38.8 Å². The standard InChI is InChI=1S/C6H16N2.3Na.H3O4P/c1-2-3-4-5-6(7)8;;;;1-5(2,3)4/h6H,2-5,7-8H2,1H3;;;;(H3,1,2,3,4)/q;3*+1;/p-3. The van der Waals surface area contributed by atoms with E-state index in [0.717, 1.165) is 6.42 Å². The molecule has 0 rings (SSSR count). The van der Waals surface area contributed by atoms with E-state index in [2.05, 4.69) is 6.92 Å². The molecule has 0 aromatic heterocycles. The molecule has 4 N–H and O–H groups in total. The SMILES string of the molecule is CCCCCC(N)N.O=P([O-])([O-])[O-].[Na+].[Na+].[Na+]. The minimum Gasteiger partial charge on any atom is -0.822 e. The Balaban J connectivity index is -0.0000000454. The zero-order valence-corrected chi connectivity index (χ0v) is 17.5. The van der Waals surface area contributed by atoms with Gasteiger partial charge in [-0.25, -0.2) is 0 Å². The summed E-state index contributed by atoms with van der Waals surface area (Å²) in [5.74, 6) is 0. The van der Waals surface area contributed by atoms with Crippen molar-refractivity contribution in [3.63, 3.8) is 0 Å². The van der Waals surface area contributed by atoms with Gasteiger partial charge < -0.3 is 30.7 Å². The topological polar surface area (TPSA) is 138 Å². The quantitative estimate of drug-likeness (QED) is 0.227. The van der Waals surface area contributed by atoms with E-state index in [1.807, 2.05) is 0 Å². The van der Waals surface area contributed by atoms with Crippen LogP contribution in [0.4, 0.5) is 0 Å². The summed E-state index contributed by atoms with van der Waals surface area (Å²) in [6.45, 7) is 2.17. The molecule has 0 amide bonds. The molecule has 0 aliphatic rings. The second kappa shape index (κ2) is 20.3. The Morgan fingerprint density at radius 3 is 1.56 bits per heavy atom. The smallest absolute Gasteiger partial charge is 0.822 e. The summed E-state index contributed by atoms with van der Waals surface area (Å²) in [5.41, 5.74) is 10.6. The average Bonchev–Trinajstić information content (AvgIpc) is 1.83. The van der Waals surface area contributed by atoms with Gasteiger partial charge in [-0.15, -0.1) is 0 Å². The third-order valence-corrected chi connectivity index (χ3v) is 1.14. The van der Waals surface area contributed by atoms with Gasteiger partial charge in [-0.2, -0.15) is 7.82 Å². The molecule has 0 heterocycles. The summed E-state index contributed by atoms with van der Waals surface area (Å²) in [7, 11) is -5.39. The second-order valence-electron chi connectivity index (χ2n) is 2.61. The maximum Gasteiger partial charge on any atom is 1.00 e. The summed E-state index contributed by atoms with van der Waals surface area (Å²) >= 11 is 0. The summed E-state index contributed by atoms with van der Waals surface area (Å²) < 4.78 is 8.55. The second-order valence-corrected chi connectivity index (χ2v) is 3.50. The third-order valence-electron chi connectivity index (χ3n) is 1.14. The van der Waals surface area contributed by atoms with Crippen LogP contribution in [0.2, 0.25) is 0 Å². The Morgan fingerprint density at radius 1 is 1.06 bits per heavy atom. The van der Waals surface area contributed by atoms with Crippen molar-refractivity contribution < 1.29 is 108 Å². The monoisotopic (exact) mass is 280 g/mol. The molecule has 0 fully saturated rings. The van der Waals surface area contributed by atoms with E-state index in [-0.39, 0.29) is 94.8 Å². The van der Waals surface area contributed by atoms with Crippen molar-refractivity contribution in [3.8, 4) is 0 Å². The van der Waals surface area contributed by atoms with Crippen molar-refractivity contribution >= 4 is 7.82 Å². The van der Waals surface area contributed by atoms with E-state index in [0.29, 0.717) is 0 Å². The zero-order chi connectivity index (χ0) is 10.9. The Kier molecular flexibility index (Phi) is 40.0. The van der Waals surface area contributed by atoms with E-state index >= 15 is 0 Å². The average molecular weight is 280 g/mol. The van der Waals surface area contributed by atoms with Crippen LogP contribution in [0.3, 0.4) is 0 Å². The zero-order valence-electron chi connectivity index (χ0n) is 10.6. The fourth-order valence-corrected chi connectivity index (χ4v) is 0.630. The van der Waals surface area contributed by atoms with E-state index in [4.69, 9.17) is 30.7 Å². The van der Waals surface area contributed by atoms with Crippen LogP contribution >= 0.6 is 7.82 Å². The van der Waals surface area contributed by atoms with Gasteiger partial charge in [0.25, 0.3) is 0 Å². The summed E-state index contributed by atoms with van der Waals surface area (Å²) in [6.07, 6.45) is 4.54. The summed E-state index contributed by atoms with van der Waals surface area (Å²) in [5, 5.41) is 0. The fraction of sp³-hybridized carbons (Fsp3) is 1.00. The minimum atomic E-state index is -5.39. The molecule has 6 nitrogen and oxygen atoms in total. The van der Waals surface area contributed by atoms with Gasteiger partial charge in [0, 0.05) is 0 Å². The van der Waals surface area contributed by atoms with E-state index in [1.165, 1.54) is 19.3 Å². The van der Waals surface area contributed by atoms with Gasteiger partial charge in [-0.3, -0.25) is 0 Å². The van der Waals surface area contributed by atoms with Crippen LogP contribution in [0.1, 0.15) is 32.6 Å². The molecule has 0 bridgehead atoms. The van der Waals surface area contributed by atoms with Crippen molar-refractivity contribution in [3.05, 3.63) is 0 Å². The van der Waals surface area contributed by atoms with E-state index in [9.17, 15) is 0 Å². The fourth-order valence-electron chi connectivity index (χ4n) is 0.630. The molecule has 16 heavy (non-hydrogen) atoms. The third kappa shape index (κ3) is 67.9. The van der Waals surface area contributed by atoms with Gasteiger partial charge in [-0.05, 0) is 6.42 Å². The Bertz CT molecular complexity index is 150. The maximum absolute atomic E-state index is 8.55. The molecule has 0 aromatic rings. The molecule has 82 valence electrons. The molecule has 0 atom stereocenters. The number of nitrogens with two attached hydrogens (primary N) is 2. The first-order chi connectivity index (χ1) is 5.77. The molecule has 10 heteroatoms. The molecule has 0 aromatic carbocycles. The van der Waals surface area contributed by atoms with Crippen molar-refractivity contribution in [2.75, 3.05) is 0 Å². The molecule has 0 aliphatic heterocycles. The molecule has 0 unspecified atom stereocenters. The first-order valence-electron chi connectivity index (χ1n) is 4.01. The van der Waals surface area contributed by atoms with Crippen LogP contribution in [-0.2, 0) is 4.57 Å². The molecule has 0 radical (unpaired) electrons. The predicted molar refractivity (Wildman–Crippen MR) is 43.9 cm³/mol. The number of hydrogen-bond acceptors (Lipinski definition) is 6. The van der Waals surface area contributed by atoms with Crippen LogP contribution in [0.5, 0.6) is 0 Å². The van der Waals surface area contributed by atoms with Crippen LogP contribution in [0.15, 0.2) is 0 Å². The molecule has 0 aliphatic carbocycles. The number of phosphoric acid groups is 1. The van der Waals surface area contributed by atoms with Gasteiger partial charge in [0.2, 0.25) is 0 Å². The van der Waals surface area contributed by atoms with Gasteiger partial charge in [0.1, 0.15) is 0 Å². The summed E-state index contributed by atoms with van der Waals surface area (Å²) in [6, 6.07) is 0. The predicted octanol–water partition coefficient (Wildman–Crippen LogP) is -11.0. The molecule has 0 saturated heterocycles. The van der Waals surface area contributed by atoms with Crippen LogP contribution in [0, 0.1) is 0 Å². The van der Waals surface area contributed by atoms with Crippen molar-refractivity contribution in [2.24, 2.45) is 11.5 Å². The van der Waals surface area contributed by atoms with Gasteiger partial charge in [0.05, 0.1) is 6.17 Å². The maximum atomic E-state index is 8.55. The van der Waals surface area contributed by atoms with Crippen LogP contribution < -0.4 is 115 Å². The summed E-state index contributed by atoms with van der Waals surface area (Å²) in [4.78, 5) is 25.6. The minimum absolute atomic E-state index is 0. The molecular weight excluding hydrogens is 264 g/mol. The first kappa shape index (κ1) is 31.4. The van der Waals surface area contributed by atoms with Crippen molar-refractivity contribution in [1.29, 1.82) is 0 Å². The molecule has 0 saturated carbocycles. The number of rotatable bonds is 4. The Morgan fingerprint density at radius 2 is 1.38 bits per heavy atom. The van der Waals surface area contributed by atoms with E-state index in [1.54, 1.807) is 0 Å². The van der Waals surface area contributed by atoms with E-state index < -0.39 is 7.82 Å². The van der Waals surface area contributed by atoms with Crippen LogP contribution in [0.25, 0.3) is 0 Å². The Hall–Kier alpha value is 3.03. The van der Waals surface area contributed by atoms with Crippen LogP contribution in [-0.4, -0.2) is 6.17 Å². The Labute approximate surface area is 163 Å². The van der Waals surface area contributed by atoms with Gasteiger partial charge in [-0.1, -0.05) is 26.2 Å². The van der Waals surface area contributed by atoms with Gasteiger partial charge >= 0.3 is 88.7 Å². The van der Waals surface area contributed by atoms with Gasteiger partial charge in [0.15, 0.2) is 0 Å².